The van der Waals surface area contributed by atoms with E-state index in [-0.39, 0.29) is 45.0 Å². The first-order chi connectivity index (χ1) is 8.99. The molecule has 0 aromatic heterocycles. The Labute approximate surface area is 147 Å². The van der Waals surface area contributed by atoms with Gasteiger partial charge in [0.1, 0.15) is 11.5 Å². The predicted molar refractivity (Wildman–Crippen MR) is 82.3 cm³/mol. The van der Waals surface area contributed by atoms with Gasteiger partial charge in [-0.3, -0.25) is 0 Å². The minimum atomic E-state index is -3.91. The Bertz CT molecular complexity index is 672. The molecule has 2 rings (SSSR count). The first kappa shape index (κ1) is 30.2. The molecule has 0 saturated carbocycles. The molecule has 2 heterocycles. The zero-order valence-electron chi connectivity index (χ0n) is 12.2. The average Bonchev–Trinajstić information content (AvgIpc) is 2.08. The van der Waals surface area contributed by atoms with Crippen LogP contribution in [0, 0.1) is 0 Å². The molecule has 0 unspecified atom stereocenters. The summed E-state index contributed by atoms with van der Waals surface area (Å²) in [5.74, 6) is -0.896. The van der Waals surface area contributed by atoms with E-state index in [1.807, 2.05) is 0 Å². The zero-order chi connectivity index (χ0) is 15.6. The van der Waals surface area contributed by atoms with E-state index >= 15 is 0 Å². The Kier molecular flexibility index (Phi) is 13.8. The van der Waals surface area contributed by atoms with Gasteiger partial charge >= 0.3 is 20.6 Å². The smallest absolute Gasteiger partial charge is 0.431 e. The van der Waals surface area contributed by atoms with Crippen molar-refractivity contribution in [3.05, 3.63) is 23.7 Å². The van der Waals surface area contributed by atoms with Crippen LogP contribution in [-0.2, 0) is 62.5 Å². The average molecular weight is 447 g/mol. The summed E-state index contributed by atoms with van der Waals surface area (Å²) in [7, 11) is -7.82. The second-order valence-electron chi connectivity index (χ2n) is 3.43. The summed E-state index contributed by atoms with van der Waals surface area (Å²) >= 11 is 0. The van der Waals surface area contributed by atoms with Gasteiger partial charge in [-0.2, -0.15) is 16.8 Å². The fraction of sp³-hybridized carbons (Fsp3) is 0.250. The van der Waals surface area contributed by atoms with E-state index in [9.17, 15) is 16.8 Å². The van der Waals surface area contributed by atoms with Crippen LogP contribution in [-0.4, -0.2) is 38.8 Å². The molecule has 24 heavy (non-hydrogen) atoms. The number of nitrogens with zero attached hydrogens (tertiary/aromatic N) is 2. The minimum absolute atomic E-state index is 0. The van der Waals surface area contributed by atoms with Crippen molar-refractivity contribution in [3.63, 3.8) is 0 Å². The van der Waals surface area contributed by atoms with Crippen molar-refractivity contribution in [1.29, 1.82) is 0 Å². The third kappa shape index (κ3) is 10.9. The van der Waals surface area contributed by atoms with Crippen LogP contribution in [0.2, 0.25) is 0 Å². The molecule has 0 atom stereocenters. The van der Waals surface area contributed by atoms with E-state index in [1.54, 1.807) is 0 Å². The van der Waals surface area contributed by atoms with E-state index in [4.69, 9.17) is 10.2 Å². The van der Waals surface area contributed by atoms with Crippen LogP contribution in [0.4, 0.5) is 0 Å². The quantitative estimate of drug-likeness (QED) is 0.295. The van der Waals surface area contributed by atoms with Gasteiger partial charge in [0.05, 0.1) is 0 Å². The van der Waals surface area contributed by atoms with E-state index in [1.165, 1.54) is 13.8 Å². The fourth-order valence-corrected chi connectivity index (χ4v) is 2.46. The molecule has 11 N–H and O–H groups in total. The van der Waals surface area contributed by atoms with Crippen LogP contribution >= 0.6 is 0 Å². The normalized spacial score (nSPS) is 18.8. The second-order valence-corrected chi connectivity index (χ2v) is 5.84. The van der Waals surface area contributed by atoms with Crippen molar-refractivity contribution < 1.29 is 68.9 Å². The van der Waals surface area contributed by atoms with Crippen molar-refractivity contribution in [2.45, 2.75) is 13.8 Å². The maximum Gasteiger partial charge on any atom is 0.431 e. The van der Waals surface area contributed by atoms with Gasteiger partial charge in [0, 0.05) is 29.2 Å². The molecule has 0 spiro atoms. The topological polar surface area (TPSA) is 251 Å². The van der Waals surface area contributed by atoms with Crippen LogP contribution in [0.15, 0.2) is 32.5 Å². The Balaban J connectivity index is -0.000000143. The molecule has 0 fully saturated rings. The van der Waals surface area contributed by atoms with Gasteiger partial charge in [-0.1, -0.05) is 8.80 Å². The molecule has 2 aliphatic rings. The second kappa shape index (κ2) is 11.0. The molecular formula is C8H19CuN2O11S2+3. The van der Waals surface area contributed by atoms with Crippen LogP contribution < -0.4 is 0 Å². The van der Waals surface area contributed by atoms with E-state index in [0.29, 0.717) is 0 Å². The van der Waals surface area contributed by atoms with E-state index < -0.39 is 32.4 Å². The molecule has 2 aliphatic heterocycles. The van der Waals surface area contributed by atoms with Crippen molar-refractivity contribution >= 4 is 32.4 Å². The van der Waals surface area contributed by atoms with E-state index in [0.717, 1.165) is 12.2 Å². The van der Waals surface area contributed by atoms with Crippen molar-refractivity contribution in [1.82, 2.24) is 0 Å². The summed E-state index contributed by atoms with van der Waals surface area (Å²) in [5.41, 5.74) is 0. The predicted octanol–water partition coefficient (Wildman–Crippen LogP) is -2.52. The maximum atomic E-state index is 10.5. The Morgan fingerprint density at radius 2 is 1.04 bits per heavy atom. The summed E-state index contributed by atoms with van der Waals surface area (Å²) in [6.07, 6.45) is 2.22. The van der Waals surface area contributed by atoms with Gasteiger partial charge in [0.2, 0.25) is 11.8 Å². The number of rotatable bonds is 0. The number of aliphatic hydroxyl groups is 2. The molecule has 0 aromatic carbocycles. The standard InChI is InChI=1S/2C4H5NO4S.Cu.3H2O/c2*1-3-2-4(6)5-10(7,8)9-3;;;;/h2*2H,1H3,(H,5,6);;3*1H2/p+3. The molecule has 0 aliphatic carbocycles. The number of hydrogen-bond donors (Lipinski definition) is 2. The van der Waals surface area contributed by atoms with Gasteiger partial charge < -0.3 is 35.0 Å². The van der Waals surface area contributed by atoms with E-state index in [2.05, 4.69) is 17.2 Å². The Hall–Kier alpha value is -1.68. The van der Waals surface area contributed by atoms with Crippen molar-refractivity contribution in [3.8, 4) is 0 Å². The van der Waals surface area contributed by atoms with Crippen LogP contribution in [0.1, 0.15) is 13.8 Å². The molecule has 0 saturated heterocycles. The SMILES string of the molecule is CC1=CC(O)=NS(=O)(=O)O1.CC1=CC(O)=NS(=O)(=O)O1.[Cu].[OH3+].[OH3+].[OH3+]. The molecule has 1 radical (unpaired) electrons. The molecular weight excluding hydrogens is 428 g/mol. The van der Waals surface area contributed by atoms with Crippen LogP contribution in [0.5, 0.6) is 0 Å². The largest absolute Gasteiger partial charge is 0.493 e. The first-order valence-corrected chi connectivity index (χ1v) is 7.55. The zero-order valence-corrected chi connectivity index (χ0v) is 14.8. The molecule has 16 heteroatoms. The summed E-state index contributed by atoms with van der Waals surface area (Å²) in [5, 5.41) is 17.3. The Morgan fingerprint density at radius 1 is 0.792 bits per heavy atom. The van der Waals surface area contributed by atoms with Crippen molar-refractivity contribution in [2.75, 3.05) is 0 Å². The molecule has 0 aromatic rings. The summed E-state index contributed by atoms with van der Waals surface area (Å²) in [6, 6.07) is 0. The molecule has 0 bridgehead atoms. The van der Waals surface area contributed by atoms with Gasteiger partial charge in [0.25, 0.3) is 0 Å². The maximum absolute atomic E-state index is 10.5. The molecule has 147 valence electrons. The van der Waals surface area contributed by atoms with Crippen LogP contribution in [0.3, 0.4) is 0 Å². The van der Waals surface area contributed by atoms with Gasteiger partial charge in [-0.25, -0.2) is 0 Å². The number of hydrogen-bond acceptors (Lipinski definition) is 6. The third-order valence-electron chi connectivity index (χ3n) is 1.55. The summed E-state index contributed by atoms with van der Waals surface area (Å²) in [4.78, 5) is 0. The Morgan fingerprint density at radius 3 is 1.21 bits per heavy atom. The molecule has 13 nitrogen and oxygen atoms in total. The van der Waals surface area contributed by atoms with Crippen LogP contribution in [0.25, 0.3) is 0 Å². The first-order valence-electron chi connectivity index (χ1n) is 4.82. The summed E-state index contributed by atoms with van der Waals surface area (Å²) in [6.45, 7) is 2.81. The minimum Gasteiger partial charge on any atom is -0.493 e. The number of aliphatic hydroxyl groups excluding tert-OH is 2. The van der Waals surface area contributed by atoms with Gasteiger partial charge in [-0.05, 0) is 13.8 Å². The van der Waals surface area contributed by atoms with Crippen molar-refractivity contribution in [2.24, 2.45) is 8.80 Å². The van der Waals surface area contributed by atoms with Gasteiger partial charge in [0.15, 0.2) is 0 Å². The third-order valence-corrected chi connectivity index (χ3v) is 3.32. The monoisotopic (exact) mass is 446 g/mol. The van der Waals surface area contributed by atoms with Gasteiger partial charge in [-0.15, -0.1) is 0 Å². The molecule has 0 amide bonds. The fourth-order valence-electron chi connectivity index (χ4n) is 1.06. The summed E-state index contributed by atoms with van der Waals surface area (Å²) < 4.78 is 55.9. The number of allylic oxidation sites excluding steroid dienone is 2.